The van der Waals surface area contributed by atoms with Gasteiger partial charge >= 0.3 is 0 Å². The van der Waals surface area contributed by atoms with Gasteiger partial charge in [-0.15, -0.1) is 0 Å². The van der Waals surface area contributed by atoms with Gasteiger partial charge in [-0.05, 0) is 61.1 Å². The first kappa shape index (κ1) is 32.0. The molecule has 4 heterocycles. The van der Waals surface area contributed by atoms with Gasteiger partial charge in [-0.1, -0.05) is 29.8 Å². The van der Waals surface area contributed by atoms with E-state index in [2.05, 4.69) is 16.0 Å². The largest absolute Gasteiger partial charge is 0.481 e. The third-order valence-corrected chi connectivity index (χ3v) is 10.00. The standard InChI is InChI=1S/C35H36ClFN6O5/c1-17-23(13-19(37)14-26(17)40-31(45)24-16-42(2)34-35(48-34)43(3)33(24)46)21-6-5-7-22(30(21)36)27-12-18-8-10-25(29(18)32(41-27)47-4)38-15-20-9-11-28(44)39-20/h5-7,12-14,16,20,25,34-35,38H,8-11,15H2,1-4H3,(H,39,44)(H,40,45)/t20-,25-,34?,35?/m0/s1. The van der Waals surface area contributed by atoms with Crippen LogP contribution in [0.1, 0.15) is 42.0 Å². The third kappa shape index (κ3) is 5.78. The van der Waals surface area contributed by atoms with E-state index >= 15 is 4.39 Å². The van der Waals surface area contributed by atoms with E-state index < -0.39 is 23.9 Å². The van der Waals surface area contributed by atoms with Crippen molar-refractivity contribution in [2.75, 3.05) is 33.1 Å². The number of amides is 3. The zero-order valence-electron chi connectivity index (χ0n) is 27.0. The number of methoxy groups -OCH3 is 1. The number of pyridine rings is 1. The molecule has 2 saturated heterocycles. The molecule has 3 aromatic rings. The van der Waals surface area contributed by atoms with Crippen LogP contribution in [-0.4, -0.2) is 78.8 Å². The number of carbonyl (C=O) groups excluding carboxylic acids is 3. The summed E-state index contributed by atoms with van der Waals surface area (Å²) in [6.45, 7) is 2.43. The zero-order valence-corrected chi connectivity index (χ0v) is 27.8. The van der Waals surface area contributed by atoms with Crippen LogP contribution < -0.4 is 20.7 Å². The number of ether oxygens (including phenoxy) is 2. The van der Waals surface area contributed by atoms with Crippen LogP contribution in [0.15, 0.2) is 48.2 Å². The van der Waals surface area contributed by atoms with Crippen LogP contribution in [0.2, 0.25) is 5.02 Å². The number of rotatable bonds is 8. The molecule has 0 bridgehead atoms. The number of likely N-dealkylation sites (N-methyl/N-ethyl adjacent to an activating group) is 2. The Balaban J connectivity index is 1.17. The van der Waals surface area contributed by atoms with Crippen molar-refractivity contribution in [2.45, 2.75) is 57.1 Å². The quantitative estimate of drug-likeness (QED) is 0.239. The summed E-state index contributed by atoms with van der Waals surface area (Å²) in [5.74, 6) is -1.14. The van der Waals surface area contributed by atoms with Gasteiger partial charge in [-0.2, -0.15) is 0 Å². The maximum atomic E-state index is 15.2. The lowest BCUT2D eigenvalue weighted by molar-refractivity contribution is -0.129. The van der Waals surface area contributed by atoms with E-state index in [0.717, 1.165) is 30.4 Å². The molecule has 3 N–H and O–H groups in total. The molecular weight excluding hydrogens is 639 g/mol. The summed E-state index contributed by atoms with van der Waals surface area (Å²) >= 11 is 7.06. The highest BCUT2D eigenvalue weighted by Crippen LogP contribution is 2.43. The molecule has 3 aliphatic heterocycles. The first-order chi connectivity index (χ1) is 23.0. The Morgan fingerprint density at radius 3 is 2.67 bits per heavy atom. The van der Waals surface area contributed by atoms with Crippen LogP contribution in [0.5, 0.6) is 5.88 Å². The fraction of sp³-hybridized carbons (Fsp3) is 0.371. The van der Waals surface area contributed by atoms with Crippen molar-refractivity contribution in [2.24, 2.45) is 0 Å². The average molecular weight is 675 g/mol. The number of benzene rings is 2. The van der Waals surface area contributed by atoms with Crippen molar-refractivity contribution in [3.63, 3.8) is 0 Å². The van der Waals surface area contributed by atoms with Crippen molar-refractivity contribution in [1.82, 2.24) is 25.4 Å². The molecule has 0 spiro atoms. The summed E-state index contributed by atoms with van der Waals surface area (Å²) in [6.07, 6.45) is 3.77. The Morgan fingerprint density at radius 1 is 1.12 bits per heavy atom. The topological polar surface area (TPSA) is 128 Å². The van der Waals surface area contributed by atoms with Crippen molar-refractivity contribution in [3.8, 4) is 28.3 Å². The summed E-state index contributed by atoms with van der Waals surface area (Å²) in [7, 11) is 4.90. The summed E-state index contributed by atoms with van der Waals surface area (Å²) in [5, 5.41) is 9.69. The third-order valence-electron chi connectivity index (χ3n) is 9.59. The van der Waals surface area contributed by atoms with Gasteiger partial charge in [0.25, 0.3) is 11.8 Å². The van der Waals surface area contributed by atoms with Crippen molar-refractivity contribution < 1.29 is 28.2 Å². The Kier molecular flexibility index (Phi) is 8.34. The molecule has 1 aromatic heterocycles. The smallest absolute Gasteiger partial charge is 0.262 e. The summed E-state index contributed by atoms with van der Waals surface area (Å²) < 4.78 is 26.4. The molecule has 2 aromatic carbocycles. The highest BCUT2D eigenvalue weighted by molar-refractivity contribution is 6.36. The Hall–Kier alpha value is -4.52. The maximum Gasteiger partial charge on any atom is 0.262 e. The lowest BCUT2D eigenvalue weighted by Crippen LogP contribution is -2.36. The Morgan fingerprint density at radius 2 is 1.92 bits per heavy atom. The van der Waals surface area contributed by atoms with Gasteiger partial charge < -0.3 is 35.2 Å². The first-order valence-corrected chi connectivity index (χ1v) is 16.3. The number of hydrogen-bond acceptors (Lipinski definition) is 8. The van der Waals surface area contributed by atoms with Gasteiger partial charge in [0.05, 0.1) is 17.8 Å². The number of halogens is 2. The Labute approximate surface area is 282 Å². The fourth-order valence-corrected chi connectivity index (χ4v) is 7.23. The molecule has 0 saturated carbocycles. The minimum absolute atomic E-state index is 0.0447. The predicted molar refractivity (Wildman–Crippen MR) is 178 cm³/mol. The highest BCUT2D eigenvalue weighted by Gasteiger charge is 2.50. The van der Waals surface area contributed by atoms with Crippen LogP contribution in [0, 0.1) is 12.7 Å². The minimum Gasteiger partial charge on any atom is -0.481 e. The number of aromatic nitrogens is 1. The number of carbonyl (C=O) groups is 3. The molecule has 4 atom stereocenters. The van der Waals surface area contributed by atoms with Gasteiger partial charge in [0.1, 0.15) is 11.4 Å². The molecule has 0 radical (unpaired) electrons. The number of fused-ring (bicyclic) bond motifs is 2. The zero-order chi connectivity index (χ0) is 33.9. The molecule has 2 unspecified atom stereocenters. The number of aryl methyl sites for hydroxylation is 1. The van der Waals surface area contributed by atoms with E-state index in [1.165, 1.54) is 23.2 Å². The minimum atomic E-state index is -0.658. The summed E-state index contributed by atoms with van der Waals surface area (Å²) in [6, 6.07) is 10.3. The van der Waals surface area contributed by atoms with Gasteiger partial charge in [-0.3, -0.25) is 14.4 Å². The van der Waals surface area contributed by atoms with Crippen LogP contribution in [0.25, 0.3) is 22.4 Å². The SMILES string of the molecule is COc1nc(-c2cccc(-c3cc(F)cc(NC(=O)C4=CN(C)C5OC5N(C)C4=O)c3C)c2Cl)cc2c1[C@@H](NC[C@@H]1CCC(=O)N1)CC2. The van der Waals surface area contributed by atoms with E-state index in [1.54, 1.807) is 39.1 Å². The normalized spacial score (nSPS) is 22.9. The first-order valence-electron chi connectivity index (χ1n) is 15.9. The van der Waals surface area contributed by atoms with Crippen molar-refractivity contribution in [3.05, 3.63) is 75.7 Å². The molecule has 11 nitrogen and oxygen atoms in total. The van der Waals surface area contributed by atoms with E-state index in [-0.39, 0.29) is 35.5 Å². The van der Waals surface area contributed by atoms with Crippen LogP contribution >= 0.6 is 11.6 Å². The number of nitrogens with zero attached hydrogens (tertiary/aromatic N) is 3. The fourth-order valence-electron chi connectivity index (χ4n) is 6.91. The second kappa shape index (κ2) is 12.5. The molecule has 2 fully saturated rings. The number of anilines is 1. The summed E-state index contributed by atoms with van der Waals surface area (Å²) in [5.41, 5.74) is 5.12. The van der Waals surface area contributed by atoms with Crippen molar-refractivity contribution in [1.29, 1.82) is 0 Å². The summed E-state index contributed by atoms with van der Waals surface area (Å²) in [4.78, 5) is 45.9. The number of nitrogens with one attached hydrogen (secondary N) is 3. The lowest BCUT2D eigenvalue weighted by Gasteiger charge is -2.20. The molecule has 7 rings (SSSR count). The maximum absolute atomic E-state index is 15.2. The molecule has 1 aliphatic carbocycles. The molecular formula is C35H36ClFN6O5. The molecule has 13 heteroatoms. The second-order valence-electron chi connectivity index (χ2n) is 12.7. The van der Waals surface area contributed by atoms with E-state index in [1.807, 2.05) is 18.2 Å². The van der Waals surface area contributed by atoms with E-state index in [4.69, 9.17) is 26.1 Å². The second-order valence-corrected chi connectivity index (χ2v) is 13.1. The number of hydrogen-bond donors (Lipinski definition) is 3. The van der Waals surface area contributed by atoms with Gasteiger partial charge in [0.2, 0.25) is 11.8 Å². The average Bonchev–Trinajstić information content (AvgIpc) is 3.63. The Bertz CT molecular complexity index is 1880. The lowest BCUT2D eigenvalue weighted by atomic mass is 9.95. The van der Waals surface area contributed by atoms with E-state index in [9.17, 15) is 14.4 Å². The van der Waals surface area contributed by atoms with E-state index in [0.29, 0.717) is 51.8 Å². The molecule has 48 heavy (non-hydrogen) atoms. The van der Waals surface area contributed by atoms with Crippen LogP contribution in [-0.2, 0) is 25.5 Å². The van der Waals surface area contributed by atoms with Crippen LogP contribution in [0.3, 0.4) is 0 Å². The monoisotopic (exact) mass is 674 g/mol. The van der Waals surface area contributed by atoms with Gasteiger partial charge in [0.15, 0.2) is 12.5 Å². The molecule has 3 amide bonds. The van der Waals surface area contributed by atoms with Gasteiger partial charge in [-0.25, -0.2) is 9.37 Å². The molecule has 250 valence electrons. The highest BCUT2D eigenvalue weighted by atomic mass is 35.5. The van der Waals surface area contributed by atoms with Gasteiger partial charge in [0, 0.05) is 67.7 Å². The van der Waals surface area contributed by atoms with Crippen LogP contribution in [0.4, 0.5) is 10.1 Å². The predicted octanol–water partition coefficient (Wildman–Crippen LogP) is 4.29. The molecule has 4 aliphatic rings. The van der Waals surface area contributed by atoms with Crippen molar-refractivity contribution >= 4 is 35.0 Å². The number of epoxide rings is 1.